The van der Waals surface area contributed by atoms with Gasteiger partial charge >= 0.3 is 6.09 Å². The molecule has 0 radical (unpaired) electrons. The number of anilines is 2. The molecule has 3 heterocycles. The van der Waals surface area contributed by atoms with Crippen LogP contribution < -0.4 is 10.2 Å². The van der Waals surface area contributed by atoms with Crippen LogP contribution in [0.3, 0.4) is 0 Å². The van der Waals surface area contributed by atoms with Gasteiger partial charge in [0.25, 0.3) is 5.91 Å². The fraction of sp³-hybridized carbons (Fsp3) is 0.556. The summed E-state index contributed by atoms with van der Waals surface area (Å²) in [4.78, 5) is 50.6. The number of carbonyl (C=O) groups is 3. The van der Waals surface area contributed by atoms with Crippen molar-refractivity contribution in [3.8, 4) is 0 Å². The van der Waals surface area contributed by atoms with Gasteiger partial charge in [0.2, 0.25) is 5.91 Å². The lowest BCUT2D eigenvalue weighted by molar-refractivity contribution is -0.131. The minimum atomic E-state index is -0.520. The van der Waals surface area contributed by atoms with Crippen molar-refractivity contribution in [1.82, 2.24) is 19.8 Å². The van der Waals surface area contributed by atoms with Gasteiger partial charge < -0.3 is 29.7 Å². The van der Waals surface area contributed by atoms with Gasteiger partial charge in [-0.1, -0.05) is 0 Å². The molecule has 2 fully saturated rings. The van der Waals surface area contributed by atoms with Gasteiger partial charge in [-0.15, -0.1) is 0 Å². The molecule has 1 atom stereocenters. The Morgan fingerprint density at radius 2 is 1.78 bits per heavy atom. The number of aromatic amines is 1. The van der Waals surface area contributed by atoms with Crippen LogP contribution in [0.15, 0.2) is 30.5 Å². The molecule has 0 bridgehead atoms. The van der Waals surface area contributed by atoms with Crippen LogP contribution in [0.25, 0.3) is 0 Å². The molecule has 0 saturated carbocycles. The van der Waals surface area contributed by atoms with Crippen molar-refractivity contribution in [2.45, 2.75) is 65.0 Å². The average molecular weight is 511 g/mol. The smallest absolute Gasteiger partial charge is 0.410 e. The molecule has 0 spiro atoms. The van der Waals surface area contributed by atoms with Gasteiger partial charge in [-0.05, 0) is 71.2 Å². The summed E-state index contributed by atoms with van der Waals surface area (Å²) in [6.07, 6.45) is 4.21. The molecular formula is C27H38N6O4. The third-order valence-electron chi connectivity index (χ3n) is 6.77. The number of H-pyrrole nitrogens is 1. The van der Waals surface area contributed by atoms with E-state index in [1.54, 1.807) is 11.8 Å². The van der Waals surface area contributed by atoms with Gasteiger partial charge in [0, 0.05) is 56.6 Å². The normalized spacial score (nSPS) is 18.2. The highest BCUT2D eigenvalue weighted by Crippen LogP contribution is 2.25. The van der Waals surface area contributed by atoms with Gasteiger partial charge in [0.15, 0.2) is 0 Å². The molecule has 200 valence electrons. The molecule has 2 aliphatic rings. The average Bonchev–Trinajstić information content (AvgIpc) is 3.51. The van der Waals surface area contributed by atoms with E-state index in [0.717, 1.165) is 31.6 Å². The lowest BCUT2D eigenvalue weighted by Crippen LogP contribution is -2.49. The Hall–Kier alpha value is -3.56. The number of piperazine rings is 1. The van der Waals surface area contributed by atoms with Crippen molar-refractivity contribution in [3.63, 3.8) is 0 Å². The maximum absolute atomic E-state index is 12.9. The van der Waals surface area contributed by atoms with Crippen LogP contribution in [0.4, 0.5) is 16.2 Å². The van der Waals surface area contributed by atoms with Gasteiger partial charge in [-0.2, -0.15) is 0 Å². The van der Waals surface area contributed by atoms with Crippen LogP contribution in [-0.4, -0.2) is 82.0 Å². The molecule has 2 aliphatic heterocycles. The van der Waals surface area contributed by atoms with Crippen LogP contribution in [-0.2, 0) is 9.53 Å². The van der Waals surface area contributed by atoms with Gasteiger partial charge in [-0.3, -0.25) is 9.59 Å². The molecule has 2 N–H and O–H groups in total. The van der Waals surface area contributed by atoms with Crippen molar-refractivity contribution < 1.29 is 19.1 Å². The van der Waals surface area contributed by atoms with E-state index in [9.17, 15) is 14.4 Å². The fourth-order valence-corrected chi connectivity index (χ4v) is 4.85. The first kappa shape index (κ1) is 26.5. The van der Waals surface area contributed by atoms with Crippen molar-refractivity contribution in [3.05, 3.63) is 42.0 Å². The van der Waals surface area contributed by atoms with E-state index < -0.39 is 5.60 Å². The lowest BCUT2D eigenvalue weighted by atomic mass is 10.1. The van der Waals surface area contributed by atoms with Gasteiger partial charge in [-0.25, -0.2) is 9.78 Å². The number of ether oxygens (including phenoxy) is 1. The highest BCUT2D eigenvalue weighted by Gasteiger charge is 2.33. The molecular weight excluding hydrogens is 472 g/mol. The van der Waals surface area contributed by atoms with E-state index in [1.807, 2.05) is 49.9 Å². The Morgan fingerprint density at radius 3 is 2.41 bits per heavy atom. The summed E-state index contributed by atoms with van der Waals surface area (Å²) in [7, 11) is 0. The molecule has 1 unspecified atom stereocenters. The number of likely N-dealkylation sites (tertiary alicyclic amines) is 1. The summed E-state index contributed by atoms with van der Waals surface area (Å²) in [5.74, 6) is 0.606. The topological polar surface area (TPSA) is 111 Å². The Morgan fingerprint density at radius 1 is 1.08 bits per heavy atom. The van der Waals surface area contributed by atoms with Crippen molar-refractivity contribution >= 4 is 29.3 Å². The van der Waals surface area contributed by atoms with Crippen LogP contribution in [0, 0.1) is 6.92 Å². The summed E-state index contributed by atoms with van der Waals surface area (Å²) >= 11 is 0. The molecule has 10 nitrogen and oxygen atoms in total. The Labute approximate surface area is 218 Å². The quantitative estimate of drug-likeness (QED) is 0.612. The van der Waals surface area contributed by atoms with E-state index in [0.29, 0.717) is 49.7 Å². The first-order chi connectivity index (χ1) is 17.6. The zero-order valence-corrected chi connectivity index (χ0v) is 22.2. The van der Waals surface area contributed by atoms with Crippen molar-refractivity contribution in [2.75, 3.05) is 42.9 Å². The van der Waals surface area contributed by atoms with Crippen molar-refractivity contribution in [2.24, 2.45) is 0 Å². The number of rotatable bonds is 6. The van der Waals surface area contributed by atoms with E-state index in [4.69, 9.17) is 4.74 Å². The number of aryl methyl sites for hydroxylation is 1. The van der Waals surface area contributed by atoms with Crippen LogP contribution >= 0.6 is 0 Å². The fourth-order valence-electron chi connectivity index (χ4n) is 4.85. The summed E-state index contributed by atoms with van der Waals surface area (Å²) in [5.41, 5.74) is 1.67. The number of nitrogens with one attached hydrogen (secondary N) is 2. The molecule has 3 amide bonds. The van der Waals surface area contributed by atoms with Crippen molar-refractivity contribution in [1.29, 1.82) is 0 Å². The molecule has 1 aromatic carbocycles. The summed E-state index contributed by atoms with van der Waals surface area (Å²) in [6.45, 7) is 10.9. The van der Waals surface area contributed by atoms with E-state index in [2.05, 4.69) is 20.2 Å². The first-order valence-corrected chi connectivity index (χ1v) is 13.0. The first-order valence-electron chi connectivity index (χ1n) is 13.0. The molecule has 4 rings (SSSR count). The number of imidazole rings is 1. The number of aromatic nitrogens is 2. The second kappa shape index (κ2) is 11.2. The highest BCUT2D eigenvalue weighted by molar-refractivity contribution is 6.02. The third kappa shape index (κ3) is 7.02. The Bertz CT molecular complexity index is 1100. The van der Waals surface area contributed by atoms with E-state index in [1.165, 1.54) is 6.20 Å². The third-order valence-corrected chi connectivity index (χ3v) is 6.77. The lowest BCUT2D eigenvalue weighted by Gasteiger charge is -2.36. The minimum Gasteiger partial charge on any atom is -0.444 e. The zero-order chi connectivity index (χ0) is 26.6. The van der Waals surface area contributed by atoms with E-state index >= 15 is 0 Å². The molecule has 37 heavy (non-hydrogen) atoms. The predicted octanol–water partition coefficient (Wildman–Crippen LogP) is 3.80. The zero-order valence-electron chi connectivity index (χ0n) is 22.2. The van der Waals surface area contributed by atoms with Crippen LogP contribution in [0.2, 0.25) is 0 Å². The number of carbonyl (C=O) groups excluding carboxylic acids is 3. The maximum Gasteiger partial charge on any atom is 0.410 e. The number of benzene rings is 1. The number of hydrogen-bond acceptors (Lipinski definition) is 6. The van der Waals surface area contributed by atoms with Gasteiger partial charge in [0.1, 0.15) is 17.1 Å². The largest absolute Gasteiger partial charge is 0.444 e. The second-order valence-electron chi connectivity index (χ2n) is 10.8. The summed E-state index contributed by atoms with van der Waals surface area (Å²) < 4.78 is 5.54. The molecule has 2 saturated heterocycles. The number of hydrogen-bond donors (Lipinski definition) is 2. The van der Waals surface area contributed by atoms with Crippen LogP contribution in [0.5, 0.6) is 0 Å². The second-order valence-corrected chi connectivity index (χ2v) is 10.8. The standard InChI is InChI=1S/C27H38N6O4/c1-19-28-18-23(29-19)25(35)30-20-7-9-21(10-8-20)31-14-16-32(17-15-31)24(34)12-11-22-6-5-13-33(22)26(36)37-27(2,3)4/h7-10,18,22H,5-6,11-17H2,1-4H3,(H,28,29)(H,30,35). The number of amides is 3. The summed E-state index contributed by atoms with van der Waals surface area (Å²) in [6, 6.07) is 7.79. The minimum absolute atomic E-state index is 0.0661. The molecule has 1 aromatic heterocycles. The molecule has 2 aromatic rings. The SMILES string of the molecule is Cc1ncc(C(=O)Nc2ccc(N3CCN(C(=O)CCC4CCCN4C(=O)OC(C)(C)C)CC3)cc2)[nH]1. The van der Waals surface area contributed by atoms with E-state index in [-0.39, 0.29) is 23.9 Å². The monoisotopic (exact) mass is 510 g/mol. The van der Waals surface area contributed by atoms with Crippen LogP contribution in [0.1, 0.15) is 62.8 Å². The maximum atomic E-state index is 12.9. The number of nitrogens with zero attached hydrogens (tertiary/aromatic N) is 4. The highest BCUT2D eigenvalue weighted by atomic mass is 16.6. The summed E-state index contributed by atoms with van der Waals surface area (Å²) in [5, 5.41) is 2.87. The predicted molar refractivity (Wildman–Crippen MR) is 142 cm³/mol. The Kier molecular flexibility index (Phi) is 8.04. The molecule has 10 heteroatoms. The Balaban J connectivity index is 1.22. The molecule has 0 aliphatic carbocycles. The van der Waals surface area contributed by atoms with Gasteiger partial charge in [0.05, 0.1) is 6.20 Å².